The van der Waals surface area contributed by atoms with Crippen LogP contribution in [0.3, 0.4) is 0 Å². The standard InChI is InChI=1S/C20H17N/c1-3-13-15-9-5-6-10-16(15)14(4-2)20-19(13)17-11-7-8-12-18(17)21-20/h3,5-12,21H,1,4H2,2H3. The van der Waals surface area contributed by atoms with Crippen LogP contribution in [0.15, 0.2) is 55.1 Å². The van der Waals surface area contributed by atoms with Crippen molar-refractivity contribution in [3.63, 3.8) is 0 Å². The quantitative estimate of drug-likeness (QED) is 0.483. The van der Waals surface area contributed by atoms with Crippen LogP contribution in [-0.2, 0) is 6.42 Å². The molecule has 0 bridgehead atoms. The molecule has 0 amide bonds. The summed E-state index contributed by atoms with van der Waals surface area (Å²) < 4.78 is 0. The molecule has 102 valence electrons. The van der Waals surface area contributed by atoms with Gasteiger partial charge in [-0.3, -0.25) is 0 Å². The largest absolute Gasteiger partial charge is 0.354 e. The van der Waals surface area contributed by atoms with Gasteiger partial charge in [0.05, 0.1) is 5.52 Å². The molecule has 1 N–H and O–H groups in total. The first-order chi connectivity index (χ1) is 10.3. The molecule has 1 heterocycles. The number of para-hydroxylation sites is 1. The third-order valence-electron chi connectivity index (χ3n) is 4.38. The first kappa shape index (κ1) is 12.2. The lowest BCUT2D eigenvalue weighted by atomic mass is 9.93. The van der Waals surface area contributed by atoms with Crippen LogP contribution in [0.25, 0.3) is 38.7 Å². The maximum Gasteiger partial charge on any atom is 0.0509 e. The summed E-state index contributed by atoms with van der Waals surface area (Å²) in [5, 5.41) is 5.20. The van der Waals surface area contributed by atoms with Crippen molar-refractivity contribution in [3.05, 3.63) is 66.2 Å². The number of hydrogen-bond acceptors (Lipinski definition) is 0. The third-order valence-corrected chi connectivity index (χ3v) is 4.38. The molecule has 1 nitrogen and oxygen atoms in total. The molecule has 0 spiro atoms. The van der Waals surface area contributed by atoms with Crippen LogP contribution >= 0.6 is 0 Å². The Kier molecular flexibility index (Phi) is 2.61. The number of benzene rings is 3. The van der Waals surface area contributed by atoms with Crippen LogP contribution in [0.5, 0.6) is 0 Å². The summed E-state index contributed by atoms with van der Waals surface area (Å²) in [5.41, 5.74) is 5.07. The summed E-state index contributed by atoms with van der Waals surface area (Å²) in [4.78, 5) is 3.62. The van der Waals surface area contributed by atoms with Crippen molar-refractivity contribution in [1.82, 2.24) is 4.98 Å². The molecule has 1 aromatic heterocycles. The number of H-pyrrole nitrogens is 1. The third kappa shape index (κ3) is 1.58. The average Bonchev–Trinajstić information content (AvgIpc) is 2.91. The summed E-state index contributed by atoms with van der Waals surface area (Å²) in [7, 11) is 0. The van der Waals surface area contributed by atoms with E-state index >= 15 is 0 Å². The average molecular weight is 271 g/mol. The molecule has 0 fully saturated rings. The Morgan fingerprint density at radius 2 is 1.62 bits per heavy atom. The number of aromatic nitrogens is 1. The van der Waals surface area contributed by atoms with Crippen molar-refractivity contribution in [2.45, 2.75) is 13.3 Å². The van der Waals surface area contributed by atoms with Crippen LogP contribution in [0.4, 0.5) is 0 Å². The van der Waals surface area contributed by atoms with Gasteiger partial charge in [-0.25, -0.2) is 0 Å². The maximum absolute atomic E-state index is 4.06. The number of nitrogens with one attached hydrogen (secondary N) is 1. The van der Waals surface area contributed by atoms with E-state index in [1.807, 2.05) is 6.08 Å². The van der Waals surface area contributed by atoms with E-state index in [-0.39, 0.29) is 0 Å². The summed E-state index contributed by atoms with van der Waals surface area (Å²) in [5.74, 6) is 0. The zero-order valence-electron chi connectivity index (χ0n) is 12.1. The molecular weight excluding hydrogens is 254 g/mol. The Labute approximate surface area is 123 Å². The van der Waals surface area contributed by atoms with Gasteiger partial charge in [-0.1, -0.05) is 62.0 Å². The fourth-order valence-electron chi connectivity index (χ4n) is 3.48. The highest BCUT2D eigenvalue weighted by atomic mass is 14.7. The number of fused-ring (bicyclic) bond motifs is 4. The van der Waals surface area contributed by atoms with Gasteiger partial charge >= 0.3 is 0 Å². The van der Waals surface area contributed by atoms with Crippen molar-refractivity contribution in [1.29, 1.82) is 0 Å². The van der Waals surface area contributed by atoms with Crippen LogP contribution in [-0.4, -0.2) is 4.98 Å². The second-order valence-electron chi connectivity index (χ2n) is 5.42. The van der Waals surface area contributed by atoms with Gasteiger partial charge in [0, 0.05) is 16.3 Å². The van der Waals surface area contributed by atoms with Crippen molar-refractivity contribution in [2.75, 3.05) is 0 Å². The van der Waals surface area contributed by atoms with E-state index in [1.165, 1.54) is 43.7 Å². The van der Waals surface area contributed by atoms with Crippen molar-refractivity contribution in [2.24, 2.45) is 0 Å². The van der Waals surface area contributed by atoms with Crippen molar-refractivity contribution >= 4 is 38.7 Å². The van der Waals surface area contributed by atoms with E-state index in [4.69, 9.17) is 0 Å². The van der Waals surface area contributed by atoms with E-state index in [0.29, 0.717) is 0 Å². The molecule has 3 aromatic carbocycles. The lowest BCUT2D eigenvalue weighted by Crippen LogP contribution is -1.90. The molecule has 21 heavy (non-hydrogen) atoms. The van der Waals surface area contributed by atoms with E-state index in [2.05, 4.69) is 67.0 Å². The molecule has 4 rings (SSSR count). The fourth-order valence-corrected chi connectivity index (χ4v) is 3.48. The molecule has 0 atom stereocenters. The lowest BCUT2D eigenvalue weighted by molar-refractivity contribution is 1.17. The Hall–Kier alpha value is -2.54. The molecule has 0 saturated carbocycles. The van der Waals surface area contributed by atoms with E-state index in [9.17, 15) is 0 Å². The van der Waals surface area contributed by atoms with Gasteiger partial charge in [0.25, 0.3) is 0 Å². The highest BCUT2D eigenvalue weighted by Gasteiger charge is 2.15. The molecule has 0 radical (unpaired) electrons. The van der Waals surface area contributed by atoms with E-state index < -0.39 is 0 Å². The molecule has 1 heteroatoms. The minimum Gasteiger partial charge on any atom is -0.354 e. The zero-order chi connectivity index (χ0) is 14.4. The van der Waals surface area contributed by atoms with Crippen LogP contribution in [0.2, 0.25) is 0 Å². The number of rotatable bonds is 2. The molecule has 0 saturated heterocycles. The van der Waals surface area contributed by atoms with Crippen LogP contribution < -0.4 is 0 Å². The van der Waals surface area contributed by atoms with Crippen molar-refractivity contribution < 1.29 is 0 Å². The zero-order valence-corrected chi connectivity index (χ0v) is 12.1. The maximum atomic E-state index is 4.06. The predicted molar refractivity (Wildman–Crippen MR) is 92.8 cm³/mol. The van der Waals surface area contributed by atoms with Gasteiger partial charge in [0.2, 0.25) is 0 Å². The Morgan fingerprint density at radius 1 is 0.952 bits per heavy atom. The molecule has 4 aromatic rings. The second-order valence-corrected chi connectivity index (χ2v) is 5.42. The van der Waals surface area contributed by atoms with Gasteiger partial charge in [0.15, 0.2) is 0 Å². The van der Waals surface area contributed by atoms with Gasteiger partial charge in [-0.15, -0.1) is 0 Å². The number of aryl methyl sites for hydroxylation is 1. The minimum atomic E-state index is 1.02. The molecule has 0 aliphatic heterocycles. The topological polar surface area (TPSA) is 15.8 Å². The van der Waals surface area contributed by atoms with E-state index in [1.54, 1.807) is 0 Å². The summed E-state index contributed by atoms with van der Waals surface area (Å²) >= 11 is 0. The van der Waals surface area contributed by atoms with E-state index in [0.717, 1.165) is 6.42 Å². The SMILES string of the molecule is C=Cc1c2ccccc2c(CC)c2[nH]c3ccccc3c12. The lowest BCUT2D eigenvalue weighted by Gasteiger charge is -2.11. The summed E-state index contributed by atoms with van der Waals surface area (Å²) in [6.07, 6.45) is 3.01. The smallest absolute Gasteiger partial charge is 0.0509 e. The second kappa shape index (κ2) is 4.49. The van der Waals surface area contributed by atoms with Gasteiger partial charge in [-0.2, -0.15) is 0 Å². The highest BCUT2D eigenvalue weighted by molar-refractivity contribution is 6.19. The molecule has 0 aliphatic carbocycles. The van der Waals surface area contributed by atoms with Gasteiger partial charge in [0.1, 0.15) is 0 Å². The van der Waals surface area contributed by atoms with Crippen molar-refractivity contribution in [3.8, 4) is 0 Å². The number of hydrogen-bond donors (Lipinski definition) is 1. The normalized spacial score (nSPS) is 11.5. The van der Waals surface area contributed by atoms with Crippen LogP contribution in [0, 0.1) is 0 Å². The van der Waals surface area contributed by atoms with Crippen LogP contribution in [0.1, 0.15) is 18.1 Å². The Bertz CT molecular complexity index is 989. The minimum absolute atomic E-state index is 1.02. The predicted octanol–water partition coefficient (Wildman–Crippen LogP) is 5.68. The molecule has 0 aliphatic rings. The monoisotopic (exact) mass is 271 g/mol. The van der Waals surface area contributed by atoms with Gasteiger partial charge < -0.3 is 4.98 Å². The Morgan fingerprint density at radius 3 is 2.33 bits per heavy atom. The first-order valence-electron chi connectivity index (χ1n) is 7.41. The number of aromatic amines is 1. The van der Waals surface area contributed by atoms with Gasteiger partial charge in [-0.05, 0) is 34.4 Å². The summed E-state index contributed by atoms with van der Waals surface area (Å²) in [6.45, 7) is 6.28. The fraction of sp³-hybridized carbons (Fsp3) is 0.100. The summed E-state index contributed by atoms with van der Waals surface area (Å²) in [6, 6.07) is 17.2. The molecule has 0 unspecified atom stereocenters. The molecular formula is C20H17N. The first-order valence-corrected chi connectivity index (χ1v) is 7.41. The highest BCUT2D eigenvalue weighted by Crippen LogP contribution is 2.37. The Balaban J connectivity index is 2.39.